The van der Waals surface area contributed by atoms with Crippen LogP contribution in [0.1, 0.15) is 26.7 Å². The van der Waals surface area contributed by atoms with Crippen LogP contribution in [0, 0.1) is 5.92 Å². The Labute approximate surface area is 133 Å². The highest BCUT2D eigenvalue weighted by atomic mass is 79.9. The monoisotopic (exact) mass is 356 g/mol. The molecule has 5 heteroatoms. The first-order valence-corrected chi connectivity index (χ1v) is 8.66. The number of hydrogen-bond donors (Lipinski definition) is 1. The van der Waals surface area contributed by atoms with Crippen LogP contribution in [-0.4, -0.2) is 24.1 Å². The molecule has 0 spiro atoms. The number of amidine groups is 1. The van der Waals surface area contributed by atoms with E-state index >= 15 is 0 Å². The van der Waals surface area contributed by atoms with Gasteiger partial charge in [-0.25, -0.2) is 0 Å². The van der Waals surface area contributed by atoms with Crippen molar-refractivity contribution in [2.45, 2.75) is 31.9 Å². The van der Waals surface area contributed by atoms with Crippen molar-refractivity contribution in [2.75, 3.05) is 19.0 Å². The topological polar surface area (TPSA) is 33.6 Å². The fourth-order valence-electron chi connectivity index (χ4n) is 2.39. The zero-order valence-electron chi connectivity index (χ0n) is 12.1. The first kappa shape index (κ1) is 15.7. The molecule has 0 bridgehead atoms. The zero-order valence-corrected chi connectivity index (χ0v) is 14.6. The van der Waals surface area contributed by atoms with Gasteiger partial charge in [-0.05, 0) is 40.0 Å². The highest BCUT2D eigenvalue weighted by molar-refractivity contribution is 9.10. The number of nitrogens with zero attached hydrogens (tertiary/aromatic N) is 1. The third-order valence-electron chi connectivity index (χ3n) is 3.66. The Morgan fingerprint density at radius 2 is 2.20 bits per heavy atom. The maximum Gasteiger partial charge on any atom is 0.161 e. The normalized spacial score (nSPS) is 18.2. The molecule has 0 saturated carbocycles. The van der Waals surface area contributed by atoms with E-state index in [9.17, 15) is 0 Å². The van der Waals surface area contributed by atoms with E-state index in [2.05, 4.69) is 40.1 Å². The van der Waals surface area contributed by atoms with Crippen LogP contribution in [-0.2, 0) is 0 Å². The van der Waals surface area contributed by atoms with Gasteiger partial charge >= 0.3 is 0 Å². The van der Waals surface area contributed by atoms with E-state index in [0.717, 1.165) is 33.5 Å². The van der Waals surface area contributed by atoms with E-state index in [4.69, 9.17) is 4.74 Å². The maximum atomic E-state index is 5.24. The number of ether oxygens (including phenoxy) is 1. The van der Waals surface area contributed by atoms with Crippen LogP contribution in [0.4, 0.5) is 5.69 Å². The molecule has 0 aromatic heterocycles. The summed E-state index contributed by atoms with van der Waals surface area (Å²) >= 11 is 5.37. The van der Waals surface area contributed by atoms with Crippen LogP contribution in [0.2, 0.25) is 0 Å². The summed E-state index contributed by atoms with van der Waals surface area (Å²) < 4.78 is 6.19. The van der Waals surface area contributed by atoms with Crippen molar-refractivity contribution in [3.63, 3.8) is 0 Å². The molecule has 0 amide bonds. The van der Waals surface area contributed by atoms with E-state index < -0.39 is 0 Å². The highest BCUT2D eigenvalue weighted by Crippen LogP contribution is 2.33. The van der Waals surface area contributed by atoms with E-state index in [1.54, 1.807) is 7.11 Å². The molecule has 1 heterocycles. The van der Waals surface area contributed by atoms with Crippen molar-refractivity contribution in [3.8, 4) is 5.75 Å². The fourth-order valence-corrected chi connectivity index (χ4v) is 4.27. The molecule has 3 nitrogen and oxygen atoms in total. The summed E-state index contributed by atoms with van der Waals surface area (Å²) in [6, 6.07) is 5.98. The Kier molecular flexibility index (Phi) is 5.78. The van der Waals surface area contributed by atoms with Gasteiger partial charge in [0.05, 0.1) is 18.1 Å². The molecule has 1 unspecified atom stereocenters. The van der Waals surface area contributed by atoms with Crippen LogP contribution in [0.25, 0.3) is 0 Å². The fraction of sp³-hybridized carbons (Fsp3) is 0.533. The summed E-state index contributed by atoms with van der Waals surface area (Å²) in [5, 5.41) is 5.04. The molecule has 110 valence electrons. The third kappa shape index (κ3) is 3.70. The van der Waals surface area contributed by atoms with Crippen molar-refractivity contribution in [1.29, 1.82) is 0 Å². The van der Waals surface area contributed by atoms with E-state index in [1.165, 1.54) is 12.8 Å². The molecule has 1 aromatic carbocycles. The van der Waals surface area contributed by atoms with Gasteiger partial charge in [-0.3, -0.25) is 4.99 Å². The second-order valence-corrected chi connectivity index (χ2v) is 6.94. The molecule has 0 aliphatic carbocycles. The summed E-state index contributed by atoms with van der Waals surface area (Å²) in [6.45, 7) is 5.46. The number of benzene rings is 1. The largest absolute Gasteiger partial charge is 0.496 e. The van der Waals surface area contributed by atoms with Crippen molar-refractivity contribution < 1.29 is 4.74 Å². The van der Waals surface area contributed by atoms with Crippen LogP contribution in [0.5, 0.6) is 5.75 Å². The molecule has 0 fully saturated rings. The van der Waals surface area contributed by atoms with Gasteiger partial charge in [0.2, 0.25) is 0 Å². The summed E-state index contributed by atoms with van der Waals surface area (Å²) in [7, 11) is 1.67. The second kappa shape index (κ2) is 7.36. The number of rotatable bonds is 5. The van der Waals surface area contributed by atoms with Gasteiger partial charge in [0.15, 0.2) is 5.17 Å². The smallest absolute Gasteiger partial charge is 0.161 e. The molecular formula is C15H21BrN2OS. The number of aliphatic imine (C=N–C) groups is 1. The number of anilines is 1. The Morgan fingerprint density at radius 1 is 1.45 bits per heavy atom. The average molecular weight is 357 g/mol. The number of hydrogen-bond acceptors (Lipinski definition) is 4. The predicted octanol–water partition coefficient (Wildman–Crippen LogP) is 4.78. The number of nitrogens with one attached hydrogen (secondary N) is 1. The number of methoxy groups -OCH3 is 1. The quantitative estimate of drug-likeness (QED) is 0.824. The molecular weight excluding hydrogens is 336 g/mol. The molecule has 1 N–H and O–H groups in total. The minimum absolute atomic E-state index is 0.620. The molecule has 0 saturated heterocycles. The van der Waals surface area contributed by atoms with Crippen LogP contribution < -0.4 is 10.1 Å². The van der Waals surface area contributed by atoms with Gasteiger partial charge in [0.1, 0.15) is 5.75 Å². The molecule has 1 aliphatic rings. The molecule has 2 rings (SSSR count). The van der Waals surface area contributed by atoms with Gasteiger partial charge in [0, 0.05) is 10.9 Å². The number of thioether (sulfide) groups is 1. The average Bonchev–Trinajstić information content (AvgIpc) is 2.89. The van der Waals surface area contributed by atoms with Gasteiger partial charge in [-0.1, -0.05) is 38.5 Å². The van der Waals surface area contributed by atoms with Crippen molar-refractivity contribution >= 4 is 38.5 Å². The predicted molar refractivity (Wildman–Crippen MR) is 92.1 cm³/mol. The van der Waals surface area contributed by atoms with Gasteiger partial charge < -0.3 is 10.1 Å². The van der Waals surface area contributed by atoms with Crippen molar-refractivity contribution in [2.24, 2.45) is 10.9 Å². The lowest BCUT2D eigenvalue weighted by Crippen LogP contribution is -2.17. The second-order valence-electron chi connectivity index (χ2n) is 4.85. The molecule has 0 radical (unpaired) electrons. The standard InChI is InChI=1S/C15H21BrN2OS/c1-4-10(5-2)14-9-17-15(20-14)18-11-6-7-13(19-3)12(16)8-11/h6-8,10,14H,4-5,9H2,1-3H3,(H,17,18). The molecule has 1 aromatic rings. The van der Waals surface area contributed by atoms with Crippen molar-refractivity contribution in [3.05, 3.63) is 22.7 Å². The van der Waals surface area contributed by atoms with Gasteiger partial charge in [-0.2, -0.15) is 0 Å². The van der Waals surface area contributed by atoms with Crippen LogP contribution in [0.3, 0.4) is 0 Å². The zero-order chi connectivity index (χ0) is 14.5. The lowest BCUT2D eigenvalue weighted by molar-refractivity contribution is 0.412. The van der Waals surface area contributed by atoms with Gasteiger partial charge in [-0.15, -0.1) is 0 Å². The SMILES string of the molecule is CCC(CC)C1CN=C(Nc2ccc(OC)c(Br)c2)S1. The van der Waals surface area contributed by atoms with E-state index in [0.29, 0.717) is 5.25 Å². The lowest BCUT2D eigenvalue weighted by atomic mass is 9.99. The summed E-state index contributed by atoms with van der Waals surface area (Å²) in [4.78, 5) is 4.62. The Hall–Kier alpha value is -0.680. The van der Waals surface area contributed by atoms with Crippen LogP contribution in [0.15, 0.2) is 27.7 Å². The summed E-state index contributed by atoms with van der Waals surface area (Å²) in [6.07, 6.45) is 2.45. The Balaban J connectivity index is 1.97. The minimum atomic E-state index is 0.620. The van der Waals surface area contributed by atoms with Crippen LogP contribution >= 0.6 is 27.7 Å². The Bertz CT molecular complexity index is 489. The maximum absolute atomic E-state index is 5.24. The van der Waals surface area contributed by atoms with Crippen molar-refractivity contribution in [1.82, 2.24) is 0 Å². The first-order valence-electron chi connectivity index (χ1n) is 6.99. The molecule has 1 atom stereocenters. The lowest BCUT2D eigenvalue weighted by Gasteiger charge is -2.18. The minimum Gasteiger partial charge on any atom is -0.496 e. The van der Waals surface area contributed by atoms with E-state index in [-0.39, 0.29) is 0 Å². The Morgan fingerprint density at radius 3 is 2.80 bits per heavy atom. The number of halogens is 1. The summed E-state index contributed by atoms with van der Waals surface area (Å²) in [5.74, 6) is 1.59. The first-order chi connectivity index (χ1) is 9.67. The third-order valence-corrected chi connectivity index (χ3v) is 5.57. The summed E-state index contributed by atoms with van der Waals surface area (Å²) in [5.41, 5.74) is 1.04. The molecule has 20 heavy (non-hydrogen) atoms. The highest BCUT2D eigenvalue weighted by Gasteiger charge is 2.25. The molecule has 1 aliphatic heterocycles. The van der Waals surface area contributed by atoms with Gasteiger partial charge in [0.25, 0.3) is 0 Å². The van der Waals surface area contributed by atoms with E-state index in [1.807, 2.05) is 30.0 Å².